The van der Waals surface area contributed by atoms with E-state index in [1.165, 1.54) is 7.11 Å². The normalized spacial score (nSPS) is 20.1. The lowest BCUT2D eigenvalue weighted by Crippen LogP contribution is -2.34. The molecule has 0 saturated heterocycles. The summed E-state index contributed by atoms with van der Waals surface area (Å²) in [5.74, 6) is -0.532. The van der Waals surface area contributed by atoms with Gasteiger partial charge in [-0.25, -0.2) is 4.79 Å². The molecule has 0 radical (unpaired) electrons. The second-order valence-electron chi connectivity index (χ2n) is 3.56. The Bertz CT molecular complexity index is 327. The molecule has 1 aliphatic carbocycles. The van der Waals surface area contributed by atoms with Gasteiger partial charge in [0.05, 0.1) is 7.11 Å². The van der Waals surface area contributed by atoms with Crippen LogP contribution in [0.2, 0.25) is 0 Å². The number of thiophene rings is 1. The van der Waals surface area contributed by atoms with E-state index in [0.717, 1.165) is 17.7 Å². The van der Waals surface area contributed by atoms with Crippen LogP contribution in [-0.2, 0) is 14.9 Å². The minimum Gasteiger partial charge on any atom is -0.467 e. The molecule has 1 heterocycles. The molecule has 3 nitrogen and oxygen atoms in total. The molecular formula is C10H12O3S. The standard InChI is InChI=1S/C10H12O3S/c1-13-9(12)8(11)10(4-5-10)7-3-2-6-14-7/h2-3,6,8,11H,4-5H2,1H3. The average molecular weight is 212 g/mol. The van der Waals surface area contributed by atoms with Crippen molar-refractivity contribution >= 4 is 17.3 Å². The summed E-state index contributed by atoms with van der Waals surface area (Å²) < 4.78 is 4.55. The van der Waals surface area contributed by atoms with Gasteiger partial charge in [0.1, 0.15) is 0 Å². The fraction of sp³-hybridized carbons (Fsp3) is 0.500. The van der Waals surface area contributed by atoms with Crippen LogP contribution in [-0.4, -0.2) is 24.3 Å². The summed E-state index contributed by atoms with van der Waals surface area (Å²) >= 11 is 1.58. The molecule has 1 aromatic rings. The van der Waals surface area contributed by atoms with E-state index in [1.54, 1.807) is 11.3 Å². The predicted octanol–water partition coefficient (Wildman–Crippen LogP) is 1.31. The van der Waals surface area contributed by atoms with Gasteiger partial charge in [-0.15, -0.1) is 11.3 Å². The fourth-order valence-corrected chi connectivity index (χ4v) is 2.70. The number of hydrogen-bond acceptors (Lipinski definition) is 4. The molecule has 1 aromatic heterocycles. The molecule has 14 heavy (non-hydrogen) atoms. The van der Waals surface area contributed by atoms with Gasteiger partial charge in [0.25, 0.3) is 0 Å². The number of rotatable bonds is 3. The van der Waals surface area contributed by atoms with E-state index < -0.39 is 12.1 Å². The Balaban J connectivity index is 2.21. The number of aliphatic hydroxyl groups excluding tert-OH is 1. The summed E-state index contributed by atoms with van der Waals surface area (Å²) in [6, 6.07) is 3.90. The molecule has 76 valence electrons. The van der Waals surface area contributed by atoms with Crippen LogP contribution in [0.3, 0.4) is 0 Å². The number of aliphatic hydroxyl groups is 1. The van der Waals surface area contributed by atoms with Gasteiger partial charge in [-0.05, 0) is 24.3 Å². The lowest BCUT2D eigenvalue weighted by atomic mass is 9.97. The quantitative estimate of drug-likeness (QED) is 0.768. The highest BCUT2D eigenvalue weighted by Crippen LogP contribution is 2.52. The number of hydrogen-bond donors (Lipinski definition) is 1. The van der Waals surface area contributed by atoms with Crippen molar-refractivity contribution in [1.29, 1.82) is 0 Å². The number of esters is 1. The largest absolute Gasteiger partial charge is 0.467 e. The van der Waals surface area contributed by atoms with Crippen molar-refractivity contribution in [2.75, 3.05) is 7.11 Å². The zero-order chi connectivity index (χ0) is 10.2. The molecular weight excluding hydrogens is 200 g/mol. The van der Waals surface area contributed by atoms with E-state index in [2.05, 4.69) is 4.74 Å². The van der Waals surface area contributed by atoms with Gasteiger partial charge in [-0.3, -0.25) is 0 Å². The van der Waals surface area contributed by atoms with E-state index in [1.807, 2.05) is 17.5 Å². The van der Waals surface area contributed by atoms with Crippen molar-refractivity contribution in [3.63, 3.8) is 0 Å². The molecule has 1 N–H and O–H groups in total. The molecule has 0 amide bonds. The van der Waals surface area contributed by atoms with Crippen molar-refractivity contribution in [3.8, 4) is 0 Å². The topological polar surface area (TPSA) is 46.5 Å². The molecule has 4 heteroatoms. The third kappa shape index (κ3) is 1.35. The van der Waals surface area contributed by atoms with Crippen LogP contribution in [0, 0.1) is 0 Å². The van der Waals surface area contributed by atoms with Crippen molar-refractivity contribution in [3.05, 3.63) is 22.4 Å². The Hall–Kier alpha value is -0.870. The summed E-state index contributed by atoms with van der Waals surface area (Å²) in [5.41, 5.74) is -0.346. The number of ether oxygens (including phenoxy) is 1. The third-order valence-corrected chi connectivity index (χ3v) is 3.84. The molecule has 1 aliphatic rings. The lowest BCUT2D eigenvalue weighted by Gasteiger charge is -2.18. The molecule has 1 saturated carbocycles. The Morgan fingerprint density at radius 3 is 2.86 bits per heavy atom. The van der Waals surface area contributed by atoms with Crippen LogP contribution in [0.15, 0.2) is 17.5 Å². The second-order valence-corrected chi connectivity index (χ2v) is 4.51. The zero-order valence-electron chi connectivity index (χ0n) is 7.90. The van der Waals surface area contributed by atoms with E-state index in [9.17, 15) is 9.90 Å². The SMILES string of the molecule is COC(=O)C(O)C1(c2cccs2)CC1. The van der Waals surface area contributed by atoms with Gasteiger partial charge < -0.3 is 9.84 Å². The van der Waals surface area contributed by atoms with E-state index in [-0.39, 0.29) is 5.41 Å². The van der Waals surface area contributed by atoms with Gasteiger partial charge in [0.2, 0.25) is 0 Å². The number of methoxy groups -OCH3 is 1. The van der Waals surface area contributed by atoms with Gasteiger partial charge in [-0.1, -0.05) is 6.07 Å². The molecule has 1 unspecified atom stereocenters. The van der Waals surface area contributed by atoms with Crippen LogP contribution in [0.25, 0.3) is 0 Å². The first-order valence-corrected chi connectivity index (χ1v) is 5.38. The van der Waals surface area contributed by atoms with Crippen LogP contribution in [0.1, 0.15) is 17.7 Å². The van der Waals surface area contributed by atoms with Gasteiger partial charge >= 0.3 is 5.97 Å². The third-order valence-electron chi connectivity index (χ3n) is 2.75. The van der Waals surface area contributed by atoms with Gasteiger partial charge in [-0.2, -0.15) is 0 Å². The van der Waals surface area contributed by atoms with Crippen LogP contribution < -0.4 is 0 Å². The molecule has 1 atom stereocenters. The Labute approximate surface area is 86.3 Å². The monoisotopic (exact) mass is 212 g/mol. The van der Waals surface area contributed by atoms with Gasteiger partial charge in [0.15, 0.2) is 6.10 Å². The first-order valence-electron chi connectivity index (χ1n) is 4.50. The van der Waals surface area contributed by atoms with Crippen LogP contribution in [0.5, 0.6) is 0 Å². The number of carbonyl (C=O) groups excluding carboxylic acids is 1. The van der Waals surface area contributed by atoms with E-state index >= 15 is 0 Å². The van der Waals surface area contributed by atoms with E-state index in [4.69, 9.17) is 0 Å². The highest BCUT2D eigenvalue weighted by molar-refractivity contribution is 7.10. The average Bonchev–Trinajstić information content (AvgIpc) is 2.84. The summed E-state index contributed by atoms with van der Waals surface area (Å²) in [4.78, 5) is 12.3. The van der Waals surface area contributed by atoms with Crippen molar-refractivity contribution in [1.82, 2.24) is 0 Å². The van der Waals surface area contributed by atoms with Gasteiger partial charge in [0, 0.05) is 10.3 Å². The predicted molar refractivity (Wildman–Crippen MR) is 53.3 cm³/mol. The lowest BCUT2D eigenvalue weighted by molar-refractivity contribution is -0.152. The molecule has 0 spiro atoms. The maximum atomic E-state index is 11.2. The molecule has 0 aromatic carbocycles. The highest BCUT2D eigenvalue weighted by Gasteiger charge is 2.54. The summed E-state index contributed by atoms with van der Waals surface area (Å²) in [6.07, 6.45) is 0.722. The fourth-order valence-electron chi connectivity index (χ4n) is 1.69. The Morgan fingerprint density at radius 2 is 2.43 bits per heavy atom. The number of carbonyl (C=O) groups is 1. The molecule has 0 bridgehead atoms. The highest BCUT2D eigenvalue weighted by atomic mass is 32.1. The first-order chi connectivity index (χ1) is 6.70. The van der Waals surface area contributed by atoms with Crippen molar-refractivity contribution in [2.24, 2.45) is 0 Å². The van der Waals surface area contributed by atoms with Crippen molar-refractivity contribution < 1.29 is 14.6 Å². The van der Waals surface area contributed by atoms with Crippen LogP contribution in [0.4, 0.5) is 0 Å². The molecule has 2 rings (SSSR count). The Kier molecular flexibility index (Phi) is 2.33. The smallest absolute Gasteiger partial charge is 0.335 e. The minimum absolute atomic E-state index is 0.346. The first kappa shape index (κ1) is 9.68. The maximum absolute atomic E-state index is 11.2. The summed E-state index contributed by atoms with van der Waals surface area (Å²) in [5, 5.41) is 11.8. The molecule has 0 aliphatic heterocycles. The maximum Gasteiger partial charge on any atom is 0.335 e. The zero-order valence-corrected chi connectivity index (χ0v) is 8.71. The van der Waals surface area contributed by atoms with Crippen molar-refractivity contribution in [2.45, 2.75) is 24.4 Å². The summed E-state index contributed by atoms with van der Waals surface area (Å²) in [7, 11) is 1.30. The van der Waals surface area contributed by atoms with E-state index in [0.29, 0.717) is 0 Å². The minimum atomic E-state index is -1.01. The molecule has 1 fully saturated rings. The van der Waals surface area contributed by atoms with Crippen LogP contribution >= 0.6 is 11.3 Å². The Morgan fingerprint density at radius 1 is 1.71 bits per heavy atom. The second kappa shape index (κ2) is 3.37. The summed E-state index contributed by atoms with van der Waals surface area (Å²) in [6.45, 7) is 0.